The molecule has 2 unspecified atom stereocenters. The van der Waals surface area contributed by atoms with E-state index in [1.54, 1.807) is 17.0 Å². The lowest BCUT2D eigenvalue weighted by molar-refractivity contribution is -0.138. The molecular weight excluding hydrogens is 261 g/mol. The molecule has 1 amide bonds. The predicted octanol–water partition coefficient (Wildman–Crippen LogP) is 1.82. The fraction of sp³-hybridized carbons (Fsp3) is 0.533. The first kappa shape index (κ1) is 14.8. The van der Waals surface area contributed by atoms with Gasteiger partial charge in [-0.1, -0.05) is 19.1 Å². The van der Waals surface area contributed by atoms with Crippen LogP contribution in [0.3, 0.4) is 0 Å². The zero-order chi connectivity index (χ0) is 14.5. The van der Waals surface area contributed by atoms with E-state index in [4.69, 9.17) is 9.84 Å². The van der Waals surface area contributed by atoms with Crippen molar-refractivity contribution in [1.82, 2.24) is 4.90 Å². The van der Waals surface area contributed by atoms with Crippen molar-refractivity contribution in [3.8, 4) is 5.75 Å². The molecule has 0 aromatic heterocycles. The van der Waals surface area contributed by atoms with Gasteiger partial charge < -0.3 is 14.7 Å². The monoisotopic (exact) mass is 281 g/mol. The molecule has 2 rings (SSSR count). The Morgan fingerprint density at radius 1 is 1.55 bits per heavy atom. The van der Waals surface area contributed by atoms with E-state index in [1.165, 1.54) is 12.1 Å². The fourth-order valence-corrected chi connectivity index (χ4v) is 2.39. The first-order valence-corrected chi connectivity index (χ1v) is 6.96. The first-order valence-electron chi connectivity index (χ1n) is 6.96. The van der Waals surface area contributed by atoms with Gasteiger partial charge in [-0.2, -0.15) is 0 Å². The third-order valence-corrected chi connectivity index (χ3v) is 3.61. The summed E-state index contributed by atoms with van der Waals surface area (Å²) in [5, 5.41) is 9.11. The SMILES string of the molecule is CCC(Oc1ccccc1F)C(=O)N1CCC(CO)C1. The van der Waals surface area contributed by atoms with Gasteiger partial charge in [-0.05, 0) is 25.0 Å². The van der Waals surface area contributed by atoms with Crippen LogP contribution in [0, 0.1) is 11.7 Å². The van der Waals surface area contributed by atoms with Crippen LogP contribution in [0.2, 0.25) is 0 Å². The van der Waals surface area contributed by atoms with E-state index >= 15 is 0 Å². The average Bonchev–Trinajstić information content (AvgIpc) is 2.94. The number of carbonyl (C=O) groups is 1. The minimum absolute atomic E-state index is 0.0920. The maximum absolute atomic E-state index is 13.6. The lowest BCUT2D eigenvalue weighted by Crippen LogP contribution is -2.40. The average molecular weight is 281 g/mol. The number of amides is 1. The molecule has 0 saturated carbocycles. The predicted molar refractivity (Wildman–Crippen MR) is 72.9 cm³/mol. The lowest BCUT2D eigenvalue weighted by Gasteiger charge is -2.23. The van der Waals surface area contributed by atoms with Gasteiger partial charge in [-0.15, -0.1) is 0 Å². The molecule has 0 spiro atoms. The van der Waals surface area contributed by atoms with Crippen LogP contribution in [0.25, 0.3) is 0 Å². The second-order valence-electron chi connectivity index (χ2n) is 5.07. The highest BCUT2D eigenvalue weighted by molar-refractivity contribution is 5.81. The molecule has 110 valence electrons. The van der Waals surface area contributed by atoms with Gasteiger partial charge in [0.05, 0.1) is 0 Å². The third kappa shape index (κ3) is 3.28. The Morgan fingerprint density at radius 2 is 2.30 bits per heavy atom. The van der Waals surface area contributed by atoms with E-state index < -0.39 is 11.9 Å². The molecule has 5 heteroatoms. The Kier molecular flexibility index (Phi) is 4.95. The number of hydrogen-bond donors (Lipinski definition) is 1. The first-order chi connectivity index (χ1) is 9.65. The van der Waals surface area contributed by atoms with Crippen LogP contribution in [0.4, 0.5) is 4.39 Å². The fourth-order valence-electron chi connectivity index (χ4n) is 2.39. The van der Waals surface area contributed by atoms with Gasteiger partial charge in [0.2, 0.25) is 0 Å². The van der Waals surface area contributed by atoms with E-state index in [2.05, 4.69) is 0 Å². The second-order valence-corrected chi connectivity index (χ2v) is 5.07. The van der Waals surface area contributed by atoms with Gasteiger partial charge in [-0.25, -0.2) is 4.39 Å². The number of aliphatic hydroxyl groups excluding tert-OH is 1. The molecule has 0 bridgehead atoms. The van der Waals surface area contributed by atoms with Crippen molar-refractivity contribution in [3.05, 3.63) is 30.1 Å². The van der Waals surface area contributed by atoms with Gasteiger partial charge in [0, 0.05) is 25.6 Å². The summed E-state index contributed by atoms with van der Waals surface area (Å²) in [4.78, 5) is 14.0. The summed E-state index contributed by atoms with van der Waals surface area (Å²) < 4.78 is 19.1. The molecular formula is C15H20FNO3. The van der Waals surface area contributed by atoms with E-state index in [-0.39, 0.29) is 24.2 Å². The minimum atomic E-state index is -0.677. The maximum atomic E-state index is 13.6. The molecule has 1 aromatic carbocycles. The van der Waals surface area contributed by atoms with Gasteiger partial charge in [0.15, 0.2) is 17.7 Å². The smallest absolute Gasteiger partial charge is 0.263 e. The van der Waals surface area contributed by atoms with Crippen molar-refractivity contribution < 1.29 is 19.0 Å². The molecule has 1 fully saturated rings. The standard InChI is InChI=1S/C15H20FNO3/c1-2-13(20-14-6-4-3-5-12(14)16)15(19)17-8-7-11(9-17)10-18/h3-6,11,13,18H,2,7-10H2,1H3. The number of ether oxygens (including phenoxy) is 1. The summed E-state index contributed by atoms with van der Waals surface area (Å²) in [5.74, 6) is -0.351. The number of para-hydroxylation sites is 1. The molecule has 1 saturated heterocycles. The van der Waals surface area contributed by atoms with Gasteiger partial charge in [0.25, 0.3) is 5.91 Å². The van der Waals surface area contributed by atoms with Crippen LogP contribution in [0.1, 0.15) is 19.8 Å². The number of carbonyl (C=O) groups excluding carboxylic acids is 1. The molecule has 1 aliphatic rings. The summed E-state index contributed by atoms with van der Waals surface area (Å²) in [6, 6.07) is 6.08. The molecule has 1 aromatic rings. The van der Waals surface area contributed by atoms with Crippen molar-refractivity contribution in [2.75, 3.05) is 19.7 Å². The highest BCUT2D eigenvalue weighted by Gasteiger charge is 2.31. The molecule has 2 atom stereocenters. The summed E-state index contributed by atoms with van der Waals surface area (Å²) in [5.41, 5.74) is 0. The molecule has 1 heterocycles. The molecule has 1 N–H and O–H groups in total. The van der Waals surface area contributed by atoms with Crippen molar-refractivity contribution in [1.29, 1.82) is 0 Å². The van der Waals surface area contributed by atoms with Gasteiger partial charge in [0.1, 0.15) is 0 Å². The number of aliphatic hydroxyl groups is 1. The second kappa shape index (κ2) is 6.70. The Hall–Kier alpha value is -1.62. The van der Waals surface area contributed by atoms with E-state index in [9.17, 15) is 9.18 Å². The van der Waals surface area contributed by atoms with E-state index in [1.807, 2.05) is 6.92 Å². The minimum Gasteiger partial charge on any atom is -0.478 e. The number of likely N-dealkylation sites (tertiary alicyclic amines) is 1. The Bertz CT molecular complexity index is 466. The van der Waals surface area contributed by atoms with Crippen molar-refractivity contribution in [3.63, 3.8) is 0 Å². The van der Waals surface area contributed by atoms with E-state index in [0.717, 1.165) is 6.42 Å². The van der Waals surface area contributed by atoms with Gasteiger partial charge in [-0.3, -0.25) is 4.79 Å². The Balaban J connectivity index is 2.01. The zero-order valence-electron chi connectivity index (χ0n) is 11.6. The van der Waals surface area contributed by atoms with Crippen molar-refractivity contribution >= 4 is 5.91 Å². The number of rotatable bonds is 5. The largest absolute Gasteiger partial charge is 0.478 e. The molecule has 1 aliphatic heterocycles. The zero-order valence-corrected chi connectivity index (χ0v) is 11.6. The topological polar surface area (TPSA) is 49.8 Å². The number of nitrogens with zero attached hydrogens (tertiary/aromatic N) is 1. The number of benzene rings is 1. The van der Waals surface area contributed by atoms with Crippen LogP contribution >= 0.6 is 0 Å². The Labute approximate surface area is 118 Å². The number of halogens is 1. The van der Waals surface area contributed by atoms with Crippen LogP contribution in [-0.4, -0.2) is 41.7 Å². The van der Waals surface area contributed by atoms with Crippen LogP contribution in [0.5, 0.6) is 5.75 Å². The summed E-state index contributed by atoms with van der Waals surface area (Å²) in [7, 11) is 0. The van der Waals surface area contributed by atoms with Crippen LogP contribution < -0.4 is 4.74 Å². The van der Waals surface area contributed by atoms with Crippen molar-refractivity contribution in [2.24, 2.45) is 5.92 Å². The highest BCUT2D eigenvalue weighted by atomic mass is 19.1. The molecule has 0 radical (unpaired) electrons. The quantitative estimate of drug-likeness (QED) is 0.895. The van der Waals surface area contributed by atoms with Crippen molar-refractivity contribution in [2.45, 2.75) is 25.9 Å². The van der Waals surface area contributed by atoms with Crippen LogP contribution in [-0.2, 0) is 4.79 Å². The molecule has 4 nitrogen and oxygen atoms in total. The molecule has 0 aliphatic carbocycles. The summed E-state index contributed by atoms with van der Waals surface area (Å²) in [6.45, 7) is 3.10. The van der Waals surface area contributed by atoms with Gasteiger partial charge >= 0.3 is 0 Å². The third-order valence-electron chi connectivity index (χ3n) is 3.61. The Morgan fingerprint density at radius 3 is 2.90 bits per heavy atom. The molecule has 20 heavy (non-hydrogen) atoms. The maximum Gasteiger partial charge on any atom is 0.263 e. The number of hydrogen-bond acceptors (Lipinski definition) is 3. The lowest BCUT2D eigenvalue weighted by atomic mass is 10.1. The van der Waals surface area contributed by atoms with E-state index in [0.29, 0.717) is 19.5 Å². The van der Waals surface area contributed by atoms with Crippen LogP contribution in [0.15, 0.2) is 24.3 Å². The highest BCUT2D eigenvalue weighted by Crippen LogP contribution is 2.21. The normalized spacial score (nSPS) is 19.9. The summed E-state index contributed by atoms with van der Waals surface area (Å²) >= 11 is 0. The summed E-state index contributed by atoms with van der Waals surface area (Å²) in [6.07, 6.45) is 0.607.